The molecule has 0 aliphatic heterocycles. The van der Waals surface area contributed by atoms with Crippen LogP contribution in [0.5, 0.6) is 0 Å². The Hall–Kier alpha value is -4.15. The monoisotopic (exact) mass is 446 g/mol. The van der Waals surface area contributed by atoms with E-state index < -0.39 is 0 Å². The van der Waals surface area contributed by atoms with Crippen LogP contribution in [0, 0.1) is 0 Å². The molecule has 0 saturated carbocycles. The van der Waals surface area contributed by atoms with E-state index in [4.69, 9.17) is 21.6 Å². The summed E-state index contributed by atoms with van der Waals surface area (Å²) in [7, 11) is 0. The van der Waals surface area contributed by atoms with Gasteiger partial charge in [0.15, 0.2) is 0 Å². The number of para-hydroxylation sites is 1. The molecule has 0 spiro atoms. The van der Waals surface area contributed by atoms with Crippen molar-refractivity contribution < 1.29 is 0 Å². The van der Waals surface area contributed by atoms with E-state index >= 15 is 0 Å². The Morgan fingerprint density at radius 1 is 0.636 bits per heavy atom. The van der Waals surface area contributed by atoms with Crippen molar-refractivity contribution in [1.82, 2.24) is 14.4 Å². The maximum Gasteiger partial charge on any atom is 0.214 e. The molecule has 2 heterocycles. The Bertz CT molecular complexity index is 1570. The van der Waals surface area contributed by atoms with Gasteiger partial charge in [0.05, 0.1) is 16.9 Å². The molecule has 1 N–H and O–H groups in total. The molecule has 0 atom stereocenters. The molecule has 0 amide bonds. The number of imidazole rings is 1. The van der Waals surface area contributed by atoms with E-state index in [9.17, 15) is 0 Å². The Kier molecular flexibility index (Phi) is 4.78. The first-order chi connectivity index (χ1) is 16.3. The van der Waals surface area contributed by atoms with Gasteiger partial charge >= 0.3 is 0 Å². The molecule has 4 aromatic carbocycles. The molecule has 158 valence electrons. The molecule has 0 radical (unpaired) electrons. The summed E-state index contributed by atoms with van der Waals surface area (Å²) in [5, 5.41) is 5.18. The van der Waals surface area contributed by atoms with Gasteiger partial charge in [-0.2, -0.15) is 0 Å². The average Bonchev–Trinajstić information content (AvgIpc) is 3.28. The van der Waals surface area contributed by atoms with Gasteiger partial charge in [-0.25, -0.2) is 9.97 Å². The van der Waals surface area contributed by atoms with E-state index in [0.717, 1.165) is 44.8 Å². The average molecular weight is 447 g/mol. The number of halogens is 1. The summed E-state index contributed by atoms with van der Waals surface area (Å²) in [6, 6.07) is 36.3. The molecule has 6 aromatic rings. The number of hydrogen-bond acceptors (Lipinski definition) is 3. The Balaban J connectivity index is 1.72. The SMILES string of the molecule is Clc1ccc(Nc2nc3ccccc3c3nc(-c4ccccc4)c(-c4ccccc4)n23)cc1. The maximum atomic E-state index is 6.11. The zero-order chi connectivity index (χ0) is 22.2. The van der Waals surface area contributed by atoms with Gasteiger partial charge in [-0.05, 0) is 36.4 Å². The van der Waals surface area contributed by atoms with Gasteiger partial charge in [-0.1, -0.05) is 84.4 Å². The van der Waals surface area contributed by atoms with Crippen LogP contribution >= 0.6 is 11.6 Å². The summed E-state index contributed by atoms with van der Waals surface area (Å²) in [6.07, 6.45) is 0. The van der Waals surface area contributed by atoms with Crippen molar-refractivity contribution in [2.24, 2.45) is 0 Å². The highest BCUT2D eigenvalue weighted by Gasteiger charge is 2.21. The van der Waals surface area contributed by atoms with Crippen molar-refractivity contribution in [3.8, 4) is 22.5 Å². The smallest absolute Gasteiger partial charge is 0.214 e. The largest absolute Gasteiger partial charge is 0.325 e. The van der Waals surface area contributed by atoms with E-state index in [0.29, 0.717) is 11.0 Å². The predicted molar refractivity (Wildman–Crippen MR) is 136 cm³/mol. The Morgan fingerprint density at radius 3 is 2.00 bits per heavy atom. The van der Waals surface area contributed by atoms with Gasteiger partial charge < -0.3 is 5.32 Å². The van der Waals surface area contributed by atoms with Crippen molar-refractivity contribution in [2.45, 2.75) is 0 Å². The summed E-state index contributed by atoms with van der Waals surface area (Å²) in [4.78, 5) is 10.2. The zero-order valence-electron chi connectivity index (χ0n) is 17.6. The first-order valence-electron chi connectivity index (χ1n) is 10.7. The molecule has 0 unspecified atom stereocenters. The zero-order valence-corrected chi connectivity index (χ0v) is 18.4. The third-order valence-corrected chi connectivity index (χ3v) is 5.91. The first-order valence-corrected chi connectivity index (χ1v) is 11.1. The second-order valence-electron chi connectivity index (χ2n) is 7.78. The number of nitrogens with one attached hydrogen (secondary N) is 1. The normalized spacial score (nSPS) is 11.2. The minimum absolute atomic E-state index is 0.691. The van der Waals surface area contributed by atoms with Crippen LogP contribution in [0.3, 0.4) is 0 Å². The first kappa shape index (κ1) is 19.5. The number of rotatable bonds is 4. The number of aromatic nitrogens is 3. The molecule has 0 aliphatic carbocycles. The molecule has 5 heteroatoms. The van der Waals surface area contributed by atoms with Gasteiger partial charge in [0.2, 0.25) is 5.95 Å². The van der Waals surface area contributed by atoms with Crippen molar-refractivity contribution in [3.63, 3.8) is 0 Å². The second-order valence-corrected chi connectivity index (χ2v) is 8.22. The van der Waals surface area contributed by atoms with E-state index in [1.54, 1.807) is 0 Å². The van der Waals surface area contributed by atoms with Crippen molar-refractivity contribution in [3.05, 3.63) is 114 Å². The van der Waals surface area contributed by atoms with Crippen molar-refractivity contribution in [2.75, 3.05) is 5.32 Å². The number of nitrogens with zero attached hydrogens (tertiary/aromatic N) is 3. The standard InChI is InChI=1S/C28H19ClN4/c29-21-15-17-22(18-16-21)30-28-31-24-14-8-7-13-23(24)27-32-25(19-9-3-1-4-10-19)26(33(27)28)20-11-5-2-6-12-20/h1-18H,(H,30,31). The summed E-state index contributed by atoms with van der Waals surface area (Å²) in [6.45, 7) is 0. The summed E-state index contributed by atoms with van der Waals surface area (Å²) >= 11 is 6.11. The van der Waals surface area contributed by atoms with Crippen LogP contribution in [-0.4, -0.2) is 14.4 Å². The molecule has 6 rings (SSSR count). The highest BCUT2D eigenvalue weighted by atomic mass is 35.5. The van der Waals surface area contributed by atoms with E-state index in [1.807, 2.05) is 78.9 Å². The van der Waals surface area contributed by atoms with E-state index in [2.05, 4.69) is 40.0 Å². The van der Waals surface area contributed by atoms with Gasteiger partial charge in [0, 0.05) is 27.2 Å². The highest BCUT2D eigenvalue weighted by Crippen LogP contribution is 2.37. The molecule has 0 saturated heterocycles. The number of hydrogen-bond donors (Lipinski definition) is 1. The van der Waals surface area contributed by atoms with Gasteiger partial charge in [-0.15, -0.1) is 0 Å². The molecule has 0 bridgehead atoms. The molecule has 4 nitrogen and oxygen atoms in total. The van der Waals surface area contributed by atoms with Crippen molar-refractivity contribution >= 4 is 39.8 Å². The summed E-state index contributed by atoms with van der Waals surface area (Å²) < 4.78 is 2.12. The van der Waals surface area contributed by atoms with Crippen LogP contribution in [0.25, 0.3) is 39.1 Å². The lowest BCUT2D eigenvalue weighted by Crippen LogP contribution is -2.04. The van der Waals surface area contributed by atoms with Gasteiger partial charge in [0.25, 0.3) is 0 Å². The van der Waals surface area contributed by atoms with E-state index in [-0.39, 0.29) is 0 Å². The van der Waals surface area contributed by atoms with E-state index in [1.165, 1.54) is 0 Å². The van der Waals surface area contributed by atoms with Crippen LogP contribution in [0.1, 0.15) is 0 Å². The number of benzene rings is 4. The van der Waals surface area contributed by atoms with Crippen LogP contribution in [0.4, 0.5) is 11.6 Å². The summed E-state index contributed by atoms with van der Waals surface area (Å²) in [5.74, 6) is 0.694. The van der Waals surface area contributed by atoms with Crippen LogP contribution < -0.4 is 5.32 Å². The van der Waals surface area contributed by atoms with Gasteiger partial charge in [-0.3, -0.25) is 4.40 Å². The Labute approximate surface area is 196 Å². The van der Waals surface area contributed by atoms with Crippen molar-refractivity contribution in [1.29, 1.82) is 0 Å². The molecular weight excluding hydrogens is 428 g/mol. The fraction of sp³-hybridized carbons (Fsp3) is 0. The Morgan fingerprint density at radius 2 is 1.27 bits per heavy atom. The van der Waals surface area contributed by atoms with Crippen LogP contribution in [0.2, 0.25) is 5.02 Å². The maximum absolute atomic E-state index is 6.11. The fourth-order valence-electron chi connectivity index (χ4n) is 4.14. The van der Waals surface area contributed by atoms with Gasteiger partial charge in [0.1, 0.15) is 5.65 Å². The third-order valence-electron chi connectivity index (χ3n) is 5.66. The molecule has 0 aliphatic rings. The number of anilines is 2. The van der Waals surface area contributed by atoms with Crippen LogP contribution in [-0.2, 0) is 0 Å². The lowest BCUT2D eigenvalue weighted by atomic mass is 10.1. The summed E-state index contributed by atoms with van der Waals surface area (Å²) in [5.41, 5.74) is 6.67. The second kappa shape index (κ2) is 8.08. The quantitative estimate of drug-likeness (QED) is 0.303. The molecule has 33 heavy (non-hydrogen) atoms. The molecule has 2 aromatic heterocycles. The highest BCUT2D eigenvalue weighted by molar-refractivity contribution is 6.30. The lowest BCUT2D eigenvalue weighted by Gasteiger charge is -2.13. The third kappa shape index (κ3) is 3.51. The predicted octanol–water partition coefficient (Wildman–Crippen LogP) is 7.61. The number of fused-ring (bicyclic) bond motifs is 3. The van der Waals surface area contributed by atoms with Crippen LogP contribution in [0.15, 0.2) is 109 Å². The minimum atomic E-state index is 0.691. The topological polar surface area (TPSA) is 42.2 Å². The molecular formula is C28H19ClN4. The fourth-order valence-corrected chi connectivity index (χ4v) is 4.26. The molecule has 0 fully saturated rings. The minimum Gasteiger partial charge on any atom is -0.325 e. The lowest BCUT2D eigenvalue weighted by molar-refractivity contribution is 1.13.